The third-order valence-electron chi connectivity index (χ3n) is 4.87. The van der Waals surface area contributed by atoms with Crippen LogP contribution in [0.5, 0.6) is 0 Å². The predicted molar refractivity (Wildman–Crippen MR) is 95.9 cm³/mol. The quantitative estimate of drug-likeness (QED) is 0.745. The molecule has 2 unspecified atom stereocenters. The second kappa shape index (κ2) is 8.87. The van der Waals surface area contributed by atoms with Gasteiger partial charge in [-0.05, 0) is 43.2 Å². The van der Waals surface area contributed by atoms with Crippen molar-refractivity contribution in [2.45, 2.75) is 46.2 Å². The highest BCUT2D eigenvalue weighted by Crippen LogP contribution is 2.21. The van der Waals surface area contributed by atoms with Gasteiger partial charge in [-0.15, -0.1) is 0 Å². The highest BCUT2D eigenvalue weighted by Gasteiger charge is 2.17. The molecule has 2 rings (SSSR count). The van der Waals surface area contributed by atoms with Gasteiger partial charge in [-0.1, -0.05) is 19.9 Å². The van der Waals surface area contributed by atoms with E-state index >= 15 is 0 Å². The molecule has 0 saturated carbocycles. The molecule has 134 valence electrons. The van der Waals surface area contributed by atoms with Crippen molar-refractivity contribution in [1.82, 2.24) is 15.6 Å². The monoisotopic (exact) mass is 334 g/mol. The zero-order valence-electron chi connectivity index (χ0n) is 15.0. The minimum absolute atomic E-state index is 0.0314. The Morgan fingerprint density at radius 3 is 2.67 bits per heavy atom. The first kappa shape index (κ1) is 18.5. The highest BCUT2D eigenvalue weighted by molar-refractivity contribution is 5.74. The van der Waals surface area contributed by atoms with Crippen LogP contribution in [0.25, 0.3) is 0 Å². The Morgan fingerprint density at radius 2 is 2.08 bits per heavy atom. The number of aliphatic hydroxyl groups excluding tert-OH is 1. The van der Waals surface area contributed by atoms with Crippen molar-refractivity contribution in [1.29, 1.82) is 0 Å². The van der Waals surface area contributed by atoms with E-state index in [2.05, 4.69) is 27.4 Å². The Hall–Kier alpha value is -1.82. The van der Waals surface area contributed by atoms with Crippen LogP contribution in [0.2, 0.25) is 0 Å². The zero-order chi connectivity index (χ0) is 17.5. The molecule has 2 atom stereocenters. The average Bonchev–Trinajstić information content (AvgIpc) is 2.60. The highest BCUT2D eigenvalue weighted by atomic mass is 16.3. The van der Waals surface area contributed by atoms with Gasteiger partial charge in [0.2, 0.25) is 0 Å². The third kappa shape index (κ3) is 5.37. The summed E-state index contributed by atoms with van der Waals surface area (Å²) >= 11 is 0. The molecule has 0 aliphatic carbocycles. The summed E-state index contributed by atoms with van der Waals surface area (Å²) in [6.07, 6.45) is 4.26. The first-order valence-electron chi connectivity index (χ1n) is 8.84. The lowest BCUT2D eigenvalue weighted by Crippen LogP contribution is -2.44. The fourth-order valence-corrected chi connectivity index (χ4v) is 2.69. The van der Waals surface area contributed by atoms with E-state index in [0.717, 1.165) is 30.4 Å². The maximum atomic E-state index is 11.9. The van der Waals surface area contributed by atoms with Crippen molar-refractivity contribution in [3.8, 4) is 0 Å². The second-order valence-corrected chi connectivity index (χ2v) is 6.97. The van der Waals surface area contributed by atoms with Crippen molar-refractivity contribution >= 4 is 11.8 Å². The number of amides is 2. The average molecular weight is 334 g/mol. The Morgan fingerprint density at radius 1 is 1.38 bits per heavy atom. The molecule has 0 radical (unpaired) electrons. The van der Waals surface area contributed by atoms with Crippen LogP contribution in [-0.4, -0.2) is 41.9 Å². The Labute approximate surface area is 144 Å². The minimum atomic E-state index is -0.225. The summed E-state index contributed by atoms with van der Waals surface area (Å²) in [5, 5.41) is 14.7. The molecular weight excluding hydrogens is 304 g/mol. The molecule has 0 bridgehead atoms. The fraction of sp³-hybridized carbons (Fsp3) is 0.667. The summed E-state index contributed by atoms with van der Waals surface area (Å²) in [5.41, 5.74) is 0.974. The molecule has 1 aromatic rings. The summed E-state index contributed by atoms with van der Waals surface area (Å²) in [6.45, 7) is 8.71. The summed E-state index contributed by atoms with van der Waals surface area (Å²) in [5.74, 6) is 1.85. The van der Waals surface area contributed by atoms with Crippen molar-refractivity contribution < 1.29 is 9.90 Å². The van der Waals surface area contributed by atoms with Gasteiger partial charge in [-0.25, -0.2) is 9.78 Å². The van der Waals surface area contributed by atoms with Crippen LogP contribution in [-0.2, 0) is 6.54 Å². The van der Waals surface area contributed by atoms with Crippen LogP contribution < -0.4 is 15.5 Å². The summed E-state index contributed by atoms with van der Waals surface area (Å²) < 4.78 is 0. The van der Waals surface area contributed by atoms with Gasteiger partial charge in [0.15, 0.2) is 0 Å². The maximum Gasteiger partial charge on any atom is 0.315 e. The standard InChI is InChI=1S/C18H30N4O2/c1-13-6-8-22(9-7-13)17-5-4-16(10-19-17)11-20-18(24)21-15(3)14(2)12-23/h4-5,10,13-15,23H,6-9,11-12H2,1-3H3,(H2,20,21,24). The number of nitrogens with zero attached hydrogens (tertiary/aromatic N) is 2. The number of aromatic nitrogens is 1. The number of carbonyl (C=O) groups excluding carboxylic acids is 1. The molecule has 0 aromatic carbocycles. The van der Waals surface area contributed by atoms with Gasteiger partial charge in [-0.3, -0.25) is 0 Å². The molecule has 1 saturated heterocycles. The molecule has 6 nitrogen and oxygen atoms in total. The molecule has 1 aliphatic rings. The van der Waals surface area contributed by atoms with E-state index in [1.807, 2.05) is 32.2 Å². The molecule has 1 aromatic heterocycles. The smallest absolute Gasteiger partial charge is 0.315 e. The van der Waals surface area contributed by atoms with Gasteiger partial charge in [0.25, 0.3) is 0 Å². The molecule has 24 heavy (non-hydrogen) atoms. The van der Waals surface area contributed by atoms with E-state index < -0.39 is 0 Å². The van der Waals surface area contributed by atoms with Gasteiger partial charge >= 0.3 is 6.03 Å². The molecule has 3 N–H and O–H groups in total. The molecule has 1 fully saturated rings. The molecule has 2 amide bonds. The molecule has 1 aliphatic heterocycles. The van der Waals surface area contributed by atoms with Crippen LogP contribution in [0.1, 0.15) is 39.2 Å². The van der Waals surface area contributed by atoms with Crippen molar-refractivity contribution in [2.24, 2.45) is 11.8 Å². The largest absolute Gasteiger partial charge is 0.396 e. The third-order valence-corrected chi connectivity index (χ3v) is 4.87. The topological polar surface area (TPSA) is 77.5 Å². The number of carbonyl (C=O) groups is 1. The number of pyridine rings is 1. The Bertz CT molecular complexity index is 512. The number of rotatable bonds is 6. The number of aliphatic hydroxyl groups is 1. The number of urea groups is 1. The number of anilines is 1. The van der Waals surface area contributed by atoms with Gasteiger partial charge in [0.1, 0.15) is 5.82 Å². The van der Waals surface area contributed by atoms with E-state index in [4.69, 9.17) is 5.11 Å². The fourth-order valence-electron chi connectivity index (χ4n) is 2.69. The predicted octanol–water partition coefficient (Wildman–Crippen LogP) is 2.13. The first-order valence-corrected chi connectivity index (χ1v) is 8.84. The van der Waals surface area contributed by atoms with Crippen molar-refractivity contribution in [3.05, 3.63) is 23.9 Å². The maximum absolute atomic E-state index is 11.9. The van der Waals surface area contributed by atoms with Gasteiger partial charge in [0.05, 0.1) is 0 Å². The van der Waals surface area contributed by atoms with E-state index in [1.54, 1.807) is 0 Å². The lowest BCUT2D eigenvalue weighted by atomic mass is 9.99. The van der Waals surface area contributed by atoms with E-state index in [0.29, 0.717) is 6.54 Å². The van der Waals surface area contributed by atoms with Crippen LogP contribution in [0.4, 0.5) is 10.6 Å². The lowest BCUT2D eigenvalue weighted by Gasteiger charge is -2.31. The molecule has 6 heteroatoms. The molecule has 2 heterocycles. The van der Waals surface area contributed by atoms with Crippen molar-refractivity contribution in [3.63, 3.8) is 0 Å². The van der Waals surface area contributed by atoms with E-state index in [1.165, 1.54) is 12.8 Å². The molecule has 0 spiro atoms. The van der Waals surface area contributed by atoms with Crippen molar-refractivity contribution in [2.75, 3.05) is 24.6 Å². The normalized spacial score (nSPS) is 18.1. The number of nitrogens with one attached hydrogen (secondary N) is 2. The van der Waals surface area contributed by atoms with Crippen LogP contribution in [0, 0.1) is 11.8 Å². The Balaban J connectivity index is 1.78. The van der Waals surface area contributed by atoms with Gasteiger partial charge in [-0.2, -0.15) is 0 Å². The lowest BCUT2D eigenvalue weighted by molar-refractivity contribution is 0.200. The minimum Gasteiger partial charge on any atom is -0.396 e. The first-order chi connectivity index (χ1) is 11.5. The van der Waals surface area contributed by atoms with E-state index in [9.17, 15) is 4.79 Å². The van der Waals surface area contributed by atoms with Gasteiger partial charge < -0.3 is 20.6 Å². The van der Waals surface area contributed by atoms with Crippen LogP contribution in [0.3, 0.4) is 0 Å². The number of hydrogen-bond acceptors (Lipinski definition) is 4. The summed E-state index contributed by atoms with van der Waals surface area (Å²) in [4.78, 5) is 18.7. The zero-order valence-corrected chi connectivity index (χ0v) is 15.0. The number of hydrogen-bond donors (Lipinski definition) is 3. The Kier molecular flexibility index (Phi) is 6.85. The van der Waals surface area contributed by atoms with Gasteiger partial charge in [0, 0.05) is 38.5 Å². The summed E-state index contributed by atoms with van der Waals surface area (Å²) in [6, 6.07) is 3.75. The second-order valence-electron chi connectivity index (χ2n) is 6.97. The molecular formula is C18H30N4O2. The van der Waals surface area contributed by atoms with Crippen LogP contribution in [0.15, 0.2) is 18.3 Å². The summed E-state index contributed by atoms with van der Waals surface area (Å²) in [7, 11) is 0. The SMILES string of the molecule is CC1CCN(c2ccc(CNC(=O)NC(C)C(C)CO)cn2)CC1. The van der Waals surface area contributed by atoms with E-state index in [-0.39, 0.29) is 24.6 Å². The van der Waals surface area contributed by atoms with Crippen LogP contribution >= 0.6 is 0 Å². The number of piperidine rings is 1.